The summed E-state index contributed by atoms with van der Waals surface area (Å²) in [5.74, 6) is 1.62. The molecule has 0 aliphatic carbocycles. The Hall–Kier alpha value is -2.30. The van der Waals surface area contributed by atoms with Crippen molar-refractivity contribution in [1.29, 1.82) is 0 Å². The lowest BCUT2D eigenvalue weighted by molar-refractivity contribution is 0.448. The van der Waals surface area contributed by atoms with Gasteiger partial charge in [-0.1, -0.05) is 18.2 Å². The Morgan fingerprint density at radius 2 is 1.77 bits per heavy atom. The Morgan fingerprint density at radius 3 is 2.36 bits per heavy atom. The normalized spacial score (nSPS) is 16.6. The van der Waals surface area contributed by atoms with E-state index in [0.717, 1.165) is 36.2 Å². The van der Waals surface area contributed by atoms with Gasteiger partial charge in [0.1, 0.15) is 5.76 Å². The second kappa shape index (κ2) is 6.22. The Balaban J connectivity index is 2.06. The van der Waals surface area contributed by atoms with Gasteiger partial charge in [-0.2, -0.15) is 4.99 Å². The Bertz CT molecular complexity index is 734. The van der Waals surface area contributed by atoms with Crippen molar-refractivity contribution in [3.8, 4) is 0 Å². The standard InChI is InChI=1S/C17H22N4O/c1-13-14(2)22-17(20(13)3)19-16(21-11-7-8-12-21)18-15-9-5-4-6-10-15/h4-6,9-10H,7-8,11-12H2,1-3H3/b18-16-,19-17+. The second-order valence-corrected chi connectivity index (χ2v) is 5.64. The number of guanidine groups is 1. The molecule has 5 heteroatoms. The molecule has 116 valence electrons. The summed E-state index contributed by atoms with van der Waals surface area (Å²) in [5.41, 5.74) is 2.59. The predicted molar refractivity (Wildman–Crippen MR) is 87.1 cm³/mol. The number of nitrogens with zero attached hydrogens (tertiary/aromatic N) is 4. The summed E-state index contributed by atoms with van der Waals surface area (Å²) in [6.45, 7) is 5.98. The molecule has 2 heterocycles. The van der Waals surface area contributed by atoms with Crippen molar-refractivity contribution >= 4 is 11.6 Å². The van der Waals surface area contributed by atoms with Gasteiger partial charge in [-0.05, 0) is 38.8 Å². The molecule has 0 radical (unpaired) electrons. The first-order valence-corrected chi connectivity index (χ1v) is 7.71. The van der Waals surface area contributed by atoms with Crippen LogP contribution in [0.15, 0.2) is 44.7 Å². The fourth-order valence-corrected chi connectivity index (χ4v) is 2.54. The average molecular weight is 298 g/mol. The van der Waals surface area contributed by atoms with Crippen molar-refractivity contribution in [2.24, 2.45) is 17.0 Å². The highest BCUT2D eigenvalue weighted by Gasteiger charge is 2.17. The summed E-state index contributed by atoms with van der Waals surface area (Å²) in [5, 5.41) is 0. The Morgan fingerprint density at radius 1 is 1.09 bits per heavy atom. The number of benzene rings is 1. The van der Waals surface area contributed by atoms with E-state index in [9.17, 15) is 0 Å². The van der Waals surface area contributed by atoms with Crippen molar-refractivity contribution in [1.82, 2.24) is 9.47 Å². The van der Waals surface area contributed by atoms with Crippen molar-refractivity contribution < 1.29 is 4.42 Å². The fraction of sp³-hybridized carbons (Fsp3) is 0.412. The number of likely N-dealkylation sites (tertiary alicyclic amines) is 1. The molecule has 2 aromatic rings. The number of aryl methyl sites for hydroxylation is 1. The highest BCUT2D eigenvalue weighted by atomic mass is 16.4. The summed E-state index contributed by atoms with van der Waals surface area (Å²) < 4.78 is 7.73. The van der Waals surface area contributed by atoms with Crippen LogP contribution in [0.2, 0.25) is 0 Å². The lowest BCUT2D eigenvalue weighted by Gasteiger charge is -2.15. The first kappa shape index (κ1) is 14.6. The van der Waals surface area contributed by atoms with Crippen LogP contribution in [0, 0.1) is 13.8 Å². The fourth-order valence-electron chi connectivity index (χ4n) is 2.54. The maximum absolute atomic E-state index is 5.76. The van der Waals surface area contributed by atoms with Gasteiger partial charge in [-0.3, -0.25) is 4.57 Å². The number of oxazole rings is 1. The third-order valence-electron chi connectivity index (χ3n) is 4.11. The summed E-state index contributed by atoms with van der Waals surface area (Å²) in [4.78, 5) is 11.6. The minimum Gasteiger partial charge on any atom is -0.428 e. The van der Waals surface area contributed by atoms with Crippen LogP contribution in [0.5, 0.6) is 0 Å². The van der Waals surface area contributed by atoms with E-state index < -0.39 is 0 Å². The quantitative estimate of drug-likeness (QED) is 0.600. The van der Waals surface area contributed by atoms with E-state index in [4.69, 9.17) is 9.41 Å². The van der Waals surface area contributed by atoms with Crippen LogP contribution < -0.4 is 5.68 Å². The van der Waals surface area contributed by atoms with Crippen molar-refractivity contribution in [2.75, 3.05) is 13.1 Å². The molecule has 1 fully saturated rings. The third-order valence-corrected chi connectivity index (χ3v) is 4.11. The molecule has 5 nitrogen and oxygen atoms in total. The molecule has 3 rings (SSSR count). The van der Waals surface area contributed by atoms with E-state index in [2.05, 4.69) is 9.89 Å². The van der Waals surface area contributed by atoms with E-state index in [0.29, 0.717) is 5.68 Å². The van der Waals surface area contributed by atoms with E-state index in [-0.39, 0.29) is 0 Å². The molecule has 1 saturated heterocycles. The third kappa shape index (κ3) is 2.98. The molecule has 0 unspecified atom stereocenters. The topological polar surface area (TPSA) is 46.0 Å². The summed E-state index contributed by atoms with van der Waals surface area (Å²) in [6, 6.07) is 9.95. The van der Waals surface area contributed by atoms with E-state index in [1.165, 1.54) is 12.8 Å². The lowest BCUT2D eigenvalue weighted by atomic mass is 10.3. The molecule has 0 N–H and O–H groups in total. The number of aromatic nitrogens is 1. The van der Waals surface area contributed by atoms with Gasteiger partial charge in [0.15, 0.2) is 0 Å². The second-order valence-electron chi connectivity index (χ2n) is 5.64. The van der Waals surface area contributed by atoms with Crippen LogP contribution >= 0.6 is 0 Å². The van der Waals surface area contributed by atoms with E-state index in [1.54, 1.807) is 0 Å². The van der Waals surface area contributed by atoms with Gasteiger partial charge in [-0.25, -0.2) is 4.99 Å². The summed E-state index contributed by atoms with van der Waals surface area (Å²) >= 11 is 0. The molecule has 0 bridgehead atoms. The minimum atomic E-state index is 0.594. The lowest BCUT2D eigenvalue weighted by Crippen LogP contribution is -2.29. The minimum absolute atomic E-state index is 0.594. The maximum atomic E-state index is 5.76. The number of rotatable bonds is 1. The van der Waals surface area contributed by atoms with Gasteiger partial charge < -0.3 is 9.32 Å². The monoisotopic (exact) mass is 298 g/mol. The molecule has 1 aliphatic rings. The molecule has 1 aromatic carbocycles. The van der Waals surface area contributed by atoms with Crippen molar-refractivity contribution in [2.45, 2.75) is 26.7 Å². The molecule has 0 spiro atoms. The van der Waals surface area contributed by atoms with Gasteiger partial charge in [0.05, 0.1) is 11.4 Å². The molecule has 1 aromatic heterocycles. The van der Waals surface area contributed by atoms with Crippen LogP contribution in [-0.4, -0.2) is 28.5 Å². The Labute approximate surface area is 130 Å². The number of hydrogen-bond acceptors (Lipinski definition) is 2. The zero-order valence-electron chi connectivity index (χ0n) is 13.4. The van der Waals surface area contributed by atoms with Crippen molar-refractivity contribution in [3.63, 3.8) is 0 Å². The Kier molecular flexibility index (Phi) is 4.13. The van der Waals surface area contributed by atoms with Crippen LogP contribution in [0.25, 0.3) is 0 Å². The van der Waals surface area contributed by atoms with Gasteiger partial charge in [-0.15, -0.1) is 0 Å². The van der Waals surface area contributed by atoms with Gasteiger partial charge in [0.2, 0.25) is 5.96 Å². The molecule has 0 saturated carbocycles. The first-order chi connectivity index (χ1) is 10.6. The molecule has 22 heavy (non-hydrogen) atoms. The smallest absolute Gasteiger partial charge is 0.304 e. The van der Waals surface area contributed by atoms with Crippen LogP contribution in [-0.2, 0) is 7.05 Å². The molecular formula is C17H22N4O. The molecule has 0 amide bonds. The predicted octanol–water partition coefficient (Wildman–Crippen LogP) is 2.92. The van der Waals surface area contributed by atoms with Crippen LogP contribution in [0.3, 0.4) is 0 Å². The zero-order valence-corrected chi connectivity index (χ0v) is 13.4. The molecular weight excluding hydrogens is 276 g/mol. The SMILES string of the molecule is Cc1o/c(=N/C(=N/c2ccccc2)N2CCCC2)n(C)c1C. The van der Waals surface area contributed by atoms with Crippen molar-refractivity contribution in [3.05, 3.63) is 47.5 Å². The number of aliphatic imine (C=N–C) groups is 1. The molecule has 0 atom stereocenters. The summed E-state index contributed by atoms with van der Waals surface area (Å²) in [6.07, 6.45) is 2.37. The van der Waals surface area contributed by atoms with Crippen LogP contribution in [0.4, 0.5) is 5.69 Å². The highest BCUT2D eigenvalue weighted by molar-refractivity contribution is 5.83. The van der Waals surface area contributed by atoms with Gasteiger partial charge in [0.25, 0.3) is 0 Å². The maximum Gasteiger partial charge on any atom is 0.304 e. The number of para-hydroxylation sites is 1. The molecule has 1 aliphatic heterocycles. The highest BCUT2D eigenvalue weighted by Crippen LogP contribution is 2.15. The van der Waals surface area contributed by atoms with E-state index in [1.807, 2.05) is 55.8 Å². The number of hydrogen-bond donors (Lipinski definition) is 0. The summed E-state index contributed by atoms with van der Waals surface area (Å²) in [7, 11) is 1.97. The van der Waals surface area contributed by atoms with E-state index >= 15 is 0 Å². The van der Waals surface area contributed by atoms with Crippen LogP contribution in [0.1, 0.15) is 24.3 Å². The van der Waals surface area contributed by atoms with Gasteiger partial charge >= 0.3 is 5.68 Å². The zero-order chi connectivity index (χ0) is 15.5. The first-order valence-electron chi connectivity index (χ1n) is 7.71. The largest absolute Gasteiger partial charge is 0.428 e. The average Bonchev–Trinajstić information content (AvgIpc) is 3.14. The van der Waals surface area contributed by atoms with Gasteiger partial charge in [0, 0.05) is 20.1 Å².